The fourth-order valence-electron chi connectivity index (χ4n) is 6.60. The summed E-state index contributed by atoms with van der Waals surface area (Å²) in [6.45, 7) is 0. The number of allylic oxidation sites excluding steroid dienone is 4. The van der Waals surface area contributed by atoms with Crippen LogP contribution >= 0.6 is 0 Å². The lowest BCUT2D eigenvalue weighted by molar-refractivity contribution is 0.619. The Morgan fingerprint density at radius 2 is 1.37 bits per heavy atom. The number of benzene rings is 5. The second-order valence-corrected chi connectivity index (χ2v) is 12.5. The zero-order valence-corrected chi connectivity index (χ0v) is 26.8. The van der Waals surface area contributed by atoms with E-state index in [-0.39, 0.29) is 6.04 Å². The molecule has 0 fully saturated rings. The molecule has 7 aromatic rings. The normalized spacial score (nSPS) is 15.8. The van der Waals surface area contributed by atoms with Crippen LogP contribution in [0.15, 0.2) is 167 Å². The number of para-hydroxylation sites is 3. The van der Waals surface area contributed by atoms with Crippen LogP contribution in [0, 0.1) is 0 Å². The summed E-state index contributed by atoms with van der Waals surface area (Å²) < 4.78 is 6.04. The maximum Gasteiger partial charge on any atom is 0.227 e. The largest absolute Gasteiger partial charge is 0.436 e. The number of hydrogen-bond donors (Lipinski definition) is 1. The zero-order valence-electron chi connectivity index (χ0n) is 26.8. The van der Waals surface area contributed by atoms with Crippen molar-refractivity contribution >= 4 is 39.1 Å². The predicted molar refractivity (Wildman–Crippen MR) is 200 cm³/mol. The molecule has 2 aromatic heterocycles. The molecule has 9 rings (SSSR count). The summed E-state index contributed by atoms with van der Waals surface area (Å²) >= 11 is 0. The van der Waals surface area contributed by atoms with Gasteiger partial charge in [-0.25, -0.2) is 9.98 Å². The number of fused-ring (bicyclic) bond motifs is 2. The quantitative estimate of drug-likeness (QED) is 0.198. The van der Waals surface area contributed by atoms with Crippen LogP contribution in [-0.4, -0.2) is 15.8 Å². The maximum absolute atomic E-state index is 6.04. The van der Waals surface area contributed by atoms with Gasteiger partial charge in [0.2, 0.25) is 5.89 Å². The Hall–Kier alpha value is -6.33. The van der Waals surface area contributed by atoms with E-state index >= 15 is 0 Å². The minimum absolute atomic E-state index is 0.0876. The van der Waals surface area contributed by atoms with Gasteiger partial charge in [-0.1, -0.05) is 109 Å². The zero-order chi connectivity index (χ0) is 32.6. The van der Waals surface area contributed by atoms with Crippen LogP contribution in [0.3, 0.4) is 0 Å². The fourth-order valence-corrected chi connectivity index (χ4v) is 6.60. The van der Waals surface area contributed by atoms with Crippen LogP contribution in [0.1, 0.15) is 41.1 Å². The van der Waals surface area contributed by atoms with Crippen molar-refractivity contribution in [3.63, 3.8) is 0 Å². The minimum Gasteiger partial charge on any atom is -0.436 e. The van der Waals surface area contributed by atoms with Crippen LogP contribution in [0.25, 0.3) is 55.9 Å². The van der Waals surface area contributed by atoms with Crippen molar-refractivity contribution in [1.29, 1.82) is 0 Å². The van der Waals surface area contributed by atoms with E-state index in [0.717, 1.165) is 79.8 Å². The lowest BCUT2D eigenvalue weighted by Gasteiger charge is -2.25. The molecule has 1 atom stereocenters. The van der Waals surface area contributed by atoms with Crippen molar-refractivity contribution in [2.24, 2.45) is 4.99 Å². The molecule has 1 aliphatic heterocycles. The Morgan fingerprint density at radius 3 is 2.16 bits per heavy atom. The third kappa shape index (κ3) is 5.76. The molecule has 0 spiro atoms. The number of oxazole rings is 1. The summed E-state index contributed by atoms with van der Waals surface area (Å²) in [6.07, 6.45) is 12.9. The van der Waals surface area contributed by atoms with Crippen molar-refractivity contribution in [2.45, 2.75) is 18.9 Å². The summed E-state index contributed by atoms with van der Waals surface area (Å²) in [5, 5.41) is 4.85. The van der Waals surface area contributed by atoms with Crippen molar-refractivity contribution in [2.75, 3.05) is 0 Å². The van der Waals surface area contributed by atoms with Crippen LogP contribution in [0.4, 0.5) is 0 Å². The number of pyridine rings is 1. The highest BCUT2D eigenvalue weighted by molar-refractivity contribution is 6.03. The van der Waals surface area contributed by atoms with E-state index in [2.05, 4.69) is 125 Å². The van der Waals surface area contributed by atoms with Gasteiger partial charge in [0.15, 0.2) is 5.58 Å². The van der Waals surface area contributed by atoms with Gasteiger partial charge in [0.25, 0.3) is 0 Å². The Balaban J connectivity index is 1.05. The van der Waals surface area contributed by atoms with Crippen molar-refractivity contribution in [1.82, 2.24) is 15.3 Å². The minimum atomic E-state index is -0.0876. The molecule has 3 heterocycles. The van der Waals surface area contributed by atoms with Gasteiger partial charge >= 0.3 is 0 Å². The Morgan fingerprint density at radius 1 is 0.653 bits per heavy atom. The highest BCUT2D eigenvalue weighted by Gasteiger charge is 2.21. The van der Waals surface area contributed by atoms with Gasteiger partial charge in [-0.15, -0.1) is 0 Å². The molecule has 2 aliphatic rings. The fraction of sp³-hybridized carbons (Fsp3) is 0.0682. The topological polar surface area (TPSA) is 63.3 Å². The van der Waals surface area contributed by atoms with Gasteiger partial charge in [-0.3, -0.25) is 4.98 Å². The molecule has 5 aromatic carbocycles. The van der Waals surface area contributed by atoms with Crippen molar-refractivity contribution in [3.05, 3.63) is 180 Å². The number of hydrogen-bond acceptors (Lipinski definition) is 5. The second kappa shape index (κ2) is 12.4. The first kappa shape index (κ1) is 28.9. The standard InChI is InChI=1S/C44H32N4O/c1-2-8-29(9-3-1)30-16-22-34(23-17-30)43-46-40(32-18-14-31(15-19-32)37-26-36-10-4-5-11-38(36)45-28-37)27-41(47-43)33-20-24-35(25-21-33)44-48-39-12-6-7-13-42(39)49-44/h1-2,4-8,10-28,41H,3,9H2,(H,46,47). The van der Waals surface area contributed by atoms with Gasteiger partial charge in [0, 0.05) is 28.3 Å². The molecule has 1 N–H and O–H groups in total. The Labute approximate surface area is 284 Å². The average molecular weight is 633 g/mol. The summed E-state index contributed by atoms with van der Waals surface area (Å²) in [5.74, 6) is 1.46. The monoisotopic (exact) mass is 632 g/mol. The molecule has 1 unspecified atom stereocenters. The van der Waals surface area contributed by atoms with E-state index in [1.165, 1.54) is 11.1 Å². The molecule has 5 heteroatoms. The average Bonchev–Trinajstić information content (AvgIpc) is 3.63. The molecule has 0 saturated carbocycles. The molecular weight excluding hydrogens is 601 g/mol. The number of nitrogens with zero attached hydrogens (tertiary/aromatic N) is 3. The van der Waals surface area contributed by atoms with E-state index < -0.39 is 0 Å². The summed E-state index contributed by atoms with van der Waals surface area (Å²) in [6, 6.07) is 44.0. The maximum atomic E-state index is 6.04. The molecule has 0 amide bonds. The van der Waals surface area contributed by atoms with E-state index in [9.17, 15) is 0 Å². The van der Waals surface area contributed by atoms with E-state index in [1.54, 1.807) is 0 Å². The Bertz CT molecular complexity index is 2410. The first-order valence-electron chi connectivity index (χ1n) is 16.7. The van der Waals surface area contributed by atoms with Gasteiger partial charge in [-0.2, -0.15) is 0 Å². The highest BCUT2D eigenvalue weighted by atomic mass is 16.3. The number of aliphatic imine (C=N–C) groups is 1. The van der Waals surface area contributed by atoms with E-state index in [4.69, 9.17) is 9.41 Å². The molecule has 49 heavy (non-hydrogen) atoms. The number of nitrogens with one attached hydrogen (secondary N) is 1. The van der Waals surface area contributed by atoms with E-state index in [1.807, 2.05) is 48.7 Å². The molecule has 0 bridgehead atoms. The highest BCUT2D eigenvalue weighted by Crippen LogP contribution is 2.32. The first-order valence-corrected chi connectivity index (χ1v) is 16.7. The summed E-state index contributed by atoms with van der Waals surface area (Å²) in [4.78, 5) is 14.5. The smallest absolute Gasteiger partial charge is 0.227 e. The number of aromatic nitrogens is 2. The first-order chi connectivity index (χ1) is 24.2. The lowest BCUT2D eigenvalue weighted by Crippen LogP contribution is -2.31. The molecule has 5 nitrogen and oxygen atoms in total. The second-order valence-electron chi connectivity index (χ2n) is 12.5. The summed E-state index contributed by atoms with van der Waals surface area (Å²) in [7, 11) is 0. The van der Waals surface area contributed by atoms with Gasteiger partial charge < -0.3 is 9.73 Å². The van der Waals surface area contributed by atoms with Gasteiger partial charge in [-0.05, 0) is 83.1 Å². The Kier molecular flexibility index (Phi) is 7.28. The molecule has 1 aliphatic carbocycles. The van der Waals surface area contributed by atoms with Crippen LogP contribution < -0.4 is 5.32 Å². The molecule has 234 valence electrons. The van der Waals surface area contributed by atoms with Crippen molar-refractivity contribution < 1.29 is 4.42 Å². The molecule has 0 radical (unpaired) electrons. The number of amidine groups is 1. The van der Waals surface area contributed by atoms with Crippen LogP contribution in [0.5, 0.6) is 0 Å². The third-order valence-electron chi connectivity index (χ3n) is 9.31. The molecular formula is C44H32N4O. The number of rotatable bonds is 6. The third-order valence-corrected chi connectivity index (χ3v) is 9.31. The summed E-state index contributed by atoms with van der Waals surface area (Å²) in [5.41, 5.74) is 12.6. The SMILES string of the molecule is C1=CCCC(c2ccc(C3=NC(c4ccc(-c5cnc6ccccc6c5)cc4)=CC(c4ccc(-c5nc6ccccc6o5)cc4)N3)cc2)=C1. The van der Waals surface area contributed by atoms with Crippen LogP contribution in [-0.2, 0) is 0 Å². The van der Waals surface area contributed by atoms with Crippen LogP contribution in [0.2, 0.25) is 0 Å². The van der Waals surface area contributed by atoms with Gasteiger partial charge in [0.1, 0.15) is 11.4 Å². The molecule has 0 saturated heterocycles. The predicted octanol–water partition coefficient (Wildman–Crippen LogP) is 10.6. The van der Waals surface area contributed by atoms with Crippen molar-refractivity contribution in [3.8, 4) is 22.6 Å². The van der Waals surface area contributed by atoms with E-state index in [0.29, 0.717) is 5.89 Å². The lowest BCUT2D eigenvalue weighted by atomic mass is 9.95. The van der Waals surface area contributed by atoms with Gasteiger partial charge in [0.05, 0.1) is 17.3 Å².